The van der Waals surface area contributed by atoms with Gasteiger partial charge in [-0.05, 0) is 31.0 Å². The quantitative estimate of drug-likeness (QED) is 0.651. The SMILES string of the molecule is N#Cc1cc(Cl)cc(Oc2c(C(F)(F)F)nc(CC3=NC4(CC4)C(=O)NN3)[nH]c2=O)c1. The summed E-state index contributed by atoms with van der Waals surface area (Å²) < 4.78 is 46.0. The number of H-pyrrole nitrogens is 1. The van der Waals surface area contributed by atoms with E-state index in [1.165, 1.54) is 6.07 Å². The van der Waals surface area contributed by atoms with Crippen LogP contribution in [0.2, 0.25) is 5.02 Å². The Balaban J connectivity index is 1.70. The number of nitrogens with one attached hydrogen (secondary N) is 3. The number of nitrogens with zero attached hydrogens (tertiary/aromatic N) is 3. The number of halogens is 4. The number of ether oxygens (including phenoxy) is 1. The summed E-state index contributed by atoms with van der Waals surface area (Å²) in [5.74, 6) is -1.81. The number of hydrazine groups is 1. The molecule has 1 fully saturated rings. The normalized spacial score (nSPS) is 16.7. The smallest absolute Gasteiger partial charge is 0.437 e. The van der Waals surface area contributed by atoms with E-state index in [1.54, 1.807) is 6.07 Å². The van der Waals surface area contributed by atoms with Crippen LogP contribution in [-0.4, -0.2) is 27.2 Å². The lowest BCUT2D eigenvalue weighted by Crippen LogP contribution is -2.53. The maximum absolute atomic E-state index is 13.6. The third kappa shape index (κ3) is 4.17. The molecule has 3 N–H and O–H groups in total. The van der Waals surface area contributed by atoms with Gasteiger partial charge in [0.25, 0.3) is 11.5 Å². The lowest BCUT2D eigenvalue weighted by Gasteiger charge is -2.21. The lowest BCUT2D eigenvalue weighted by atomic mass is 10.2. The molecule has 2 heterocycles. The molecule has 0 unspecified atom stereocenters. The van der Waals surface area contributed by atoms with Gasteiger partial charge in [-0.1, -0.05) is 11.6 Å². The summed E-state index contributed by atoms with van der Waals surface area (Å²) in [6.45, 7) is 0. The minimum Gasteiger partial charge on any atom is -0.449 e. The minimum atomic E-state index is -5.01. The van der Waals surface area contributed by atoms with E-state index >= 15 is 0 Å². The minimum absolute atomic E-state index is 0.0366. The fourth-order valence-electron chi connectivity index (χ4n) is 2.97. The number of hydrogen-bond donors (Lipinski definition) is 3. The van der Waals surface area contributed by atoms with Gasteiger partial charge < -0.3 is 9.72 Å². The molecule has 1 aromatic carbocycles. The Hall–Kier alpha value is -3.59. The molecule has 31 heavy (non-hydrogen) atoms. The third-order valence-corrected chi connectivity index (χ3v) is 4.78. The van der Waals surface area contributed by atoms with E-state index in [4.69, 9.17) is 21.6 Å². The summed E-state index contributed by atoms with van der Waals surface area (Å²) in [5.41, 5.74) is 1.30. The molecule has 160 valence electrons. The standard InChI is InChI=1S/C18H12ClF3N6O3/c19-9-3-8(7-23)4-10(5-9)31-13-14(18(20,21)22)24-11(25-15(13)29)6-12-26-17(1-2-17)16(30)28-27-12/h3-5H,1-2,6H2,(H,26,27)(H,28,30)(H,24,25,29). The molecule has 2 aromatic rings. The maximum Gasteiger partial charge on any atom is 0.437 e. The molecule has 13 heteroatoms. The van der Waals surface area contributed by atoms with E-state index in [-0.39, 0.29) is 40.3 Å². The van der Waals surface area contributed by atoms with Crippen molar-refractivity contribution < 1.29 is 22.7 Å². The first-order valence-corrected chi connectivity index (χ1v) is 9.21. The number of hydrogen-bond acceptors (Lipinski definition) is 7. The number of aromatic amines is 1. The van der Waals surface area contributed by atoms with Crippen LogP contribution in [0.25, 0.3) is 0 Å². The largest absolute Gasteiger partial charge is 0.449 e. The van der Waals surface area contributed by atoms with Crippen molar-refractivity contribution in [2.45, 2.75) is 31.0 Å². The van der Waals surface area contributed by atoms with E-state index in [0.717, 1.165) is 12.1 Å². The Labute approximate surface area is 176 Å². The van der Waals surface area contributed by atoms with E-state index in [1.807, 2.05) is 0 Å². The molecule has 1 amide bonds. The van der Waals surface area contributed by atoms with Crippen LogP contribution in [0.3, 0.4) is 0 Å². The summed E-state index contributed by atoms with van der Waals surface area (Å²) in [7, 11) is 0. The first-order valence-electron chi connectivity index (χ1n) is 8.84. The van der Waals surface area contributed by atoms with Crippen LogP contribution >= 0.6 is 11.6 Å². The number of amidine groups is 1. The predicted molar refractivity (Wildman–Crippen MR) is 100 cm³/mol. The predicted octanol–water partition coefficient (Wildman–Crippen LogP) is 2.21. The van der Waals surface area contributed by atoms with Crippen LogP contribution in [0, 0.1) is 11.3 Å². The summed E-state index contributed by atoms with van der Waals surface area (Å²) in [4.78, 5) is 34.2. The number of carbonyl (C=O) groups is 1. The van der Waals surface area contributed by atoms with Crippen LogP contribution in [0.1, 0.15) is 29.9 Å². The second-order valence-electron chi connectivity index (χ2n) is 6.92. The summed E-state index contributed by atoms with van der Waals surface area (Å²) in [6.07, 6.45) is -4.24. The molecular formula is C18H12ClF3N6O3. The van der Waals surface area contributed by atoms with Gasteiger partial charge >= 0.3 is 6.18 Å². The summed E-state index contributed by atoms with van der Waals surface area (Å²) in [6, 6.07) is 5.37. The van der Waals surface area contributed by atoms with E-state index in [0.29, 0.717) is 12.8 Å². The molecule has 2 aliphatic rings. The first-order chi connectivity index (χ1) is 14.6. The summed E-state index contributed by atoms with van der Waals surface area (Å²) in [5, 5.41) is 9.02. The zero-order valence-electron chi connectivity index (χ0n) is 15.4. The number of benzene rings is 1. The Bertz CT molecular complexity index is 1210. The van der Waals surface area contributed by atoms with Crippen molar-refractivity contribution in [1.82, 2.24) is 20.8 Å². The van der Waals surface area contributed by atoms with Gasteiger partial charge in [0.1, 0.15) is 22.9 Å². The average molecular weight is 453 g/mol. The lowest BCUT2D eigenvalue weighted by molar-refractivity contribution is -0.142. The first kappa shape index (κ1) is 20.7. The number of nitriles is 1. The molecule has 1 spiro atoms. The fourth-order valence-corrected chi connectivity index (χ4v) is 3.19. The van der Waals surface area contributed by atoms with Gasteiger partial charge in [-0.3, -0.25) is 25.4 Å². The monoisotopic (exact) mass is 452 g/mol. The van der Waals surface area contributed by atoms with Gasteiger partial charge in [-0.15, -0.1) is 0 Å². The molecule has 0 radical (unpaired) electrons. The van der Waals surface area contributed by atoms with Gasteiger partial charge in [-0.25, -0.2) is 4.98 Å². The molecule has 1 saturated carbocycles. The Morgan fingerprint density at radius 3 is 2.61 bits per heavy atom. The molecule has 9 nitrogen and oxygen atoms in total. The van der Waals surface area contributed by atoms with Gasteiger partial charge in [0.2, 0.25) is 5.75 Å². The van der Waals surface area contributed by atoms with Crippen molar-refractivity contribution in [2.75, 3.05) is 0 Å². The second kappa shape index (κ2) is 7.28. The van der Waals surface area contributed by atoms with E-state index < -0.39 is 28.7 Å². The number of amides is 1. The van der Waals surface area contributed by atoms with Crippen LogP contribution in [-0.2, 0) is 17.4 Å². The number of carbonyl (C=O) groups excluding carboxylic acids is 1. The molecule has 1 aliphatic heterocycles. The number of aliphatic imine (C=N–C) groups is 1. The third-order valence-electron chi connectivity index (χ3n) is 4.57. The van der Waals surface area contributed by atoms with E-state index in [2.05, 4.69) is 25.8 Å². The second-order valence-corrected chi connectivity index (χ2v) is 7.36. The maximum atomic E-state index is 13.6. The van der Waals surface area contributed by atoms with Crippen LogP contribution in [0.4, 0.5) is 13.2 Å². The molecular weight excluding hydrogens is 441 g/mol. The number of rotatable bonds is 4. The Morgan fingerprint density at radius 2 is 1.97 bits per heavy atom. The molecule has 1 aromatic heterocycles. The molecule has 1 aliphatic carbocycles. The van der Waals surface area contributed by atoms with Crippen LogP contribution in [0.5, 0.6) is 11.5 Å². The highest BCUT2D eigenvalue weighted by Crippen LogP contribution is 2.41. The van der Waals surface area contributed by atoms with Crippen LogP contribution < -0.4 is 21.1 Å². The number of aromatic nitrogens is 2. The average Bonchev–Trinajstić information content (AvgIpc) is 3.45. The number of alkyl halides is 3. The van der Waals surface area contributed by atoms with Crippen molar-refractivity contribution in [1.29, 1.82) is 5.26 Å². The van der Waals surface area contributed by atoms with Crippen LogP contribution in [0.15, 0.2) is 28.0 Å². The van der Waals surface area contributed by atoms with Gasteiger partial charge in [-0.2, -0.15) is 18.4 Å². The molecule has 0 atom stereocenters. The molecule has 0 saturated heterocycles. The van der Waals surface area contributed by atoms with E-state index in [9.17, 15) is 22.8 Å². The Morgan fingerprint density at radius 1 is 1.23 bits per heavy atom. The zero-order valence-corrected chi connectivity index (χ0v) is 16.2. The molecule has 4 rings (SSSR count). The zero-order chi connectivity index (χ0) is 22.4. The van der Waals surface area contributed by atoms with Crippen molar-refractivity contribution in [3.8, 4) is 17.6 Å². The summed E-state index contributed by atoms with van der Waals surface area (Å²) >= 11 is 5.83. The van der Waals surface area contributed by atoms with Crippen molar-refractivity contribution in [2.24, 2.45) is 4.99 Å². The fraction of sp³-hybridized carbons (Fsp3) is 0.278. The molecule has 0 bridgehead atoms. The van der Waals surface area contributed by atoms with Gasteiger partial charge in [0.05, 0.1) is 18.1 Å². The van der Waals surface area contributed by atoms with Gasteiger partial charge in [0.15, 0.2) is 5.69 Å². The van der Waals surface area contributed by atoms with Crippen molar-refractivity contribution in [3.63, 3.8) is 0 Å². The highest BCUT2D eigenvalue weighted by Gasteiger charge is 2.52. The highest BCUT2D eigenvalue weighted by molar-refractivity contribution is 6.30. The van der Waals surface area contributed by atoms with Crippen molar-refractivity contribution >= 4 is 23.3 Å². The Kier molecular flexibility index (Phi) is 4.85. The van der Waals surface area contributed by atoms with Gasteiger partial charge in [0, 0.05) is 5.02 Å². The van der Waals surface area contributed by atoms with Crippen molar-refractivity contribution in [3.05, 3.63) is 50.7 Å². The highest BCUT2D eigenvalue weighted by atomic mass is 35.5. The topological polar surface area (TPSA) is 132 Å².